The lowest BCUT2D eigenvalue weighted by molar-refractivity contribution is -0.144. The zero-order valence-corrected chi connectivity index (χ0v) is 8.85. The van der Waals surface area contributed by atoms with Gasteiger partial charge in [-0.05, 0) is 12.5 Å². The molecular formula is C10H21NO. The smallest absolute Gasteiger partial charge is 0.0677 e. The van der Waals surface area contributed by atoms with E-state index in [-0.39, 0.29) is 0 Å². The Hall–Kier alpha value is -0.0800. The number of hydrogen-bond acceptors (Lipinski definition) is 2. The molecule has 1 fully saturated rings. The zero-order valence-electron chi connectivity index (χ0n) is 8.85. The summed E-state index contributed by atoms with van der Waals surface area (Å²) in [5, 5.41) is 3.51. The van der Waals surface area contributed by atoms with Gasteiger partial charge in [0, 0.05) is 18.6 Å². The predicted octanol–water partition coefficient (Wildman–Crippen LogP) is 1.66. The lowest BCUT2D eigenvalue weighted by atomic mass is 9.58. The highest BCUT2D eigenvalue weighted by molar-refractivity contribution is 5.07. The minimum absolute atomic E-state index is 0.296. The normalized spacial score (nSPS) is 39.2. The summed E-state index contributed by atoms with van der Waals surface area (Å²) >= 11 is 0. The van der Waals surface area contributed by atoms with Crippen molar-refractivity contribution in [2.75, 3.05) is 13.7 Å². The van der Waals surface area contributed by atoms with E-state index in [2.05, 4.69) is 33.0 Å². The second-order valence-electron chi connectivity index (χ2n) is 4.37. The van der Waals surface area contributed by atoms with Crippen molar-refractivity contribution in [1.82, 2.24) is 5.32 Å². The van der Waals surface area contributed by atoms with Gasteiger partial charge in [-0.2, -0.15) is 0 Å². The van der Waals surface area contributed by atoms with Gasteiger partial charge in [0.2, 0.25) is 0 Å². The Labute approximate surface area is 75.7 Å². The molecule has 1 rings (SSSR count). The van der Waals surface area contributed by atoms with Gasteiger partial charge < -0.3 is 10.1 Å². The van der Waals surface area contributed by atoms with Gasteiger partial charge in [-0.25, -0.2) is 0 Å². The summed E-state index contributed by atoms with van der Waals surface area (Å²) in [5.74, 6) is 0.643. The quantitative estimate of drug-likeness (QED) is 0.697. The summed E-state index contributed by atoms with van der Waals surface area (Å²) in [4.78, 5) is 0. The van der Waals surface area contributed by atoms with E-state index in [4.69, 9.17) is 4.74 Å². The minimum atomic E-state index is 0.296. The number of nitrogens with one attached hydrogen (secondary N) is 1. The van der Waals surface area contributed by atoms with Crippen LogP contribution in [0.5, 0.6) is 0 Å². The number of ether oxygens (including phenoxy) is 1. The van der Waals surface area contributed by atoms with Crippen LogP contribution in [0, 0.1) is 11.3 Å². The number of methoxy groups -OCH3 is 1. The highest BCUT2D eigenvalue weighted by Crippen LogP contribution is 2.46. The molecule has 0 spiro atoms. The summed E-state index contributed by atoms with van der Waals surface area (Å²) in [6.07, 6.45) is 0.418. The van der Waals surface area contributed by atoms with Crippen LogP contribution < -0.4 is 5.32 Å². The SMILES string of the molecule is CCNC1C(C)C(OC)C1(C)C. The summed E-state index contributed by atoms with van der Waals surface area (Å²) in [5.41, 5.74) is 0.296. The molecule has 0 saturated heterocycles. The Kier molecular flexibility index (Phi) is 2.79. The molecule has 0 aromatic heterocycles. The molecule has 0 aromatic rings. The highest BCUT2D eigenvalue weighted by Gasteiger charge is 2.53. The maximum absolute atomic E-state index is 5.45. The second-order valence-corrected chi connectivity index (χ2v) is 4.37. The lowest BCUT2D eigenvalue weighted by Gasteiger charge is -2.56. The van der Waals surface area contributed by atoms with Gasteiger partial charge in [0.05, 0.1) is 6.10 Å². The van der Waals surface area contributed by atoms with Crippen LogP contribution in [0.4, 0.5) is 0 Å². The maximum Gasteiger partial charge on any atom is 0.0677 e. The van der Waals surface area contributed by atoms with Crippen molar-refractivity contribution in [2.24, 2.45) is 11.3 Å². The van der Waals surface area contributed by atoms with Crippen LogP contribution in [0.15, 0.2) is 0 Å². The molecule has 12 heavy (non-hydrogen) atoms. The molecule has 1 N–H and O–H groups in total. The van der Waals surface area contributed by atoms with Crippen molar-refractivity contribution < 1.29 is 4.74 Å². The van der Waals surface area contributed by atoms with Gasteiger partial charge in [0.25, 0.3) is 0 Å². The van der Waals surface area contributed by atoms with Crippen molar-refractivity contribution in [3.8, 4) is 0 Å². The van der Waals surface area contributed by atoms with E-state index in [1.165, 1.54) is 0 Å². The summed E-state index contributed by atoms with van der Waals surface area (Å²) in [6, 6.07) is 0.618. The number of rotatable bonds is 3. The third-order valence-electron chi connectivity index (χ3n) is 3.22. The summed E-state index contributed by atoms with van der Waals surface area (Å²) in [6.45, 7) is 10.0. The predicted molar refractivity (Wildman–Crippen MR) is 51.2 cm³/mol. The second kappa shape index (κ2) is 3.35. The van der Waals surface area contributed by atoms with Crippen LogP contribution in [0.1, 0.15) is 27.7 Å². The number of hydrogen-bond donors (Lipinski definition) is 1. The Morgan fingerprint density at radius 1 is 1.42 bits per heavy atom. The maximum atomic E-state index is 5.45. The van der Waals surface area contributed by atoms with Gasteiger partial charge in [-0.15, -0.1) is 0 Å². The molecule has 0 heterocycles. The van der Waals surface area contributed by atoms with Crippen LogP contribution >= 0.6 is 0 Å². The van der Waals surface area contributed by atoms with E-state index < -0.39 is 0 Å². The fraction of sp³-hybridized carbons (Fsp3) is 1.00. The third-order valence-corrected chi connectivity index (χ3v) is 3.22. The first-order valence-corrected chi connectivity index (χ1v) is 4.81. The van der Waals surface area contributed by atoms with E-state index in [9.17, 15) is 0 Å². The van der Waals surface area contributed by atoms with Crippen LogP contribution in [0.25, 0.3) is 0 Å². The first kappa shape index (κ1) is 10.0. The molecule has 0 aliphatic heterocycles. The molecule has 1 aliphatic carbocycles. The molecule has 2 nitrogen and oxygen atoms in total. The van der Waals surface area contributed by atoms with Crippen molar-refractivity contribution in [3.05, 3.63) is 0 Å². The van der Waals surface area contributed by atoms with Crippen molar-refractivity contribution in [1.29, 1.82) is 0 Å². The molecule has 3 atom stereocenters. The first-order valence-electron chi connectivity index (χ1n) is 4.81. The fourth-order valence-corrected chi connectivity index (χ4v) is 2.78. The van der Waals surface area contributed by atoms with E-state index in [1.54, 1.807) is 0 Å². The average Bonchev–Trinajstić information content (AvgIpc) is 2.00. The largest absolute Gasteiger partial charge is 0.380 e. The topological polar surface area (TPSA) is 21.3 Å². The molecule has 2 heteroatoms. The van der Waals surface area contributed by atoms with Crippen LogP contribution in [-0.4, -0.2) is 25.8 Å². The first-order chi connectivity index (χ1) is 5.55. The Balaban J connectivity index is 2.57. The summed E-state index contributed by atoms with van der Waals surface area (Å²) in [7, 11) is 1.81. The standard InChI is InChI=1S/C10H21NO/c1-6-11-8-7(2)9(12-5)10(8,3)4/h7-9,11H,6H2,1-5H3. The van der Waals surface area contributed by atoms with Crippen LogP contribution in [0.3, 0.4) is 0 Å². The fourth-order valence-electron chi connectivity index (χ4n) is 2.78. The molecule has 1 saturated carbocycles. The molecule has 3 unspecified atom stereocenters. The van der Waals surface area contributed by atoms with E-state index in [0.29, 0.717) is 23.5 Å². The molecule has 0 radical (unpaired) electrons. The molecular weight excluding hydrogens is 150 g/mol. The Morgan fingerprint density at radius 2 is 2.00 bits per heavy atom. The molecule has 0 amide bonds. The van der Waals surface area contributed by atoms with Crippen molar-refractivity contribution in [3.63, 3.8) is 0 Å². The van der Waals surface area contributed by atoms with Gasteiger partial charge in [0.1, 0.15) is 0 Å². The third kappa shape index (κ3) is 1.27. The Morgan fingerprint density at radius 3 is 2.33 bits per heavy atom. The van der Waals surface area contributed by atoms with E-state index in [0.717, 1.165) is 6.54 Å². The van der Waals surface area contributed by atoms with E-state index in [1.807, 2.05) is 7.11 Å². The molecule has 1 aliphatic rings. The molecule has 0 aromatic carbocycles. The average molecular weight is 171 g/mol. The van der Waals surface area contributed by atoms with Gasteiger partial charge >= 0.3 is 0 Å². The van der Waals surface area contributed by atoms with Crippen molar-refractivity contribution in [2.45, 2.75) is 39.8 Å². The Bertz CT molecular complexity index is 156. The molecule has 72 valence electrons. The van der Waals surface area contributed by atoms with Gasteiger partial charge in [-0.3, -0.25) is 0 Å². The van der Waals surface area contributed by atoms with Crippen LogP contribution in [0.2, 0.25) is 0 Å². The minimum Gasteiger partial charge on any atom is -0.380 e. The highest BCUT2D eigenvalue weighted by atomic mass is 16.5. The van der Waals surface area contributed by atoms with Crippen LogP contribution in [-0.2, 0) is 4.74 Å². The lowest BCUT2D eigenvalue weighted by Crippen LogP contribution is -2.66. The van der Waals surface area contributed by atoms with Gasteiger partial charge in [0.15, 0.2) is 0 Å². The van der Waals surface area contributed by atoms with Crippen molar-refractivity contribution >= 4 is 0 Å². The molecule has 0 bridgehead atoms. The zero-order chi connectivity index (χ0) is 9.35. The van der Waals surface area contributed by atoms with Gasteiger partial charge in [-0.1, -0.05) is 27.7 Å². The monoisotopic (exact) mass is 171 g/mol. The van der Waals surface area contributed by atoms with E-state index >= 15 is 0 Å². The summed E-state index contributed by atoms with van der Waals surface area (Å²) < 4.78 is 5.45.